The topological polar surface area (TPSA) is 47.3 Å². The van der Waals surface area contributed by atoms with E-state index >= 15 is 0 Å². The van der Waals surface area contributed by atoms with E-state index in [1.54, 1.807) is 21.3 Å². The molecule has 5 heteroatoms. The Hall–Kier alpha value is -3.41. The van der Waals surface area contributed by atoms with E-state index < -0.39 is 11.2 Å². The van der Waals surface area contributed by atoms with Gasteiger partial charge in [-0.05, 0) is 80.3 Å². The van der Waals surface area contributed by atoms with Crippen LogP contribution in [-0.4, -0.2) is 33.3 Å². The molecule has 4 nitrogen and oxygen atoms in total. The van der Waals surface area contributed by atoms with Crippen molar-refractivity contribution in [2.24, 2.45) is 0 Å². The summed E-state index contributed by atoms with van der Waals surface area (Å²) in [4.78, 5) is 4.46. The van der Waals surface area contributed by atoms with Gasteiger partial charge in [0.15, 0.2) is 0 Å². The third-order valence-corrected chi connectivity index (χ3v) is 8.39. The molecule has 0 fully saturated rings. The second-order valence-corrected chi connectivity index (χ2v) is 11.7. The van der Waals surface area contributed by atoms with Crippen LogP contribution in [-0.2, 0) is 10.1 Å². The minimum atomic E-state index is -0.965. The van der Waals surface area contributed by atoms with E-state index in [0.717, 1.165) is 16.7 Å². The fourth-order valence-corrected chi connectivity index (χ4v) is 5.40. The molecule has 185 valence electrons. The predicted octanol–water partition coefficient (Wildman–Crippen LogP) is 6.30. The zero-order valence-corrected chi connectivity index (χ0v) is 22.3. The Morgan fingerprint density at radius 1 is 0.838 bits per heavy atom. The van der Waals surface area contributed by atoms with Crippen molar-refractivity contribution in [3.63, 3.8) is 0 Å². The van der Waals surface area contributed by atoms with Gasteiger partial charge in [0.05, 0.1) is 28.4 Å². The van der Waals surface area contributed by atoms with Crippen LogP contribution in [0.5, 0.6) is 0 Å². The average molecular weight is 487 g/mol. The molecule has 0 unspecified atom stereocenters. The Morgan fingerprint density at radius 3 is 2.30 bits per heavy atom. The van der Waals surface area contributed by atoms with E-state index in [9.17, 15) is 5.11 Å². The van der Waals surface area contributed by atoms with Gasteiger partial charge in [0.25, 0.3) is 0 Å². The smallest absolute Gasteiger partial charge is 0.330 e. The SMILES string of the molecule is CC1(C)c2ccccc2-c2cc3c4ccncc4n(-c4ccc([B]OC(C)(C)C(C)(C)O)cc4)c3cc21. The summed E-state index contributed by atoms with van der Waals surface area (Å²) in [6.45, 7) is 11.9. The van der Waals surface area contributed by atoms with Crippen molar-refractivity contribution < 1.29 is 9.76 Å². The Kier molecular flexibility index (Phi) is 5.21. The van der Waals surface area contributed by atoms with Gasteiger partial charge in [0.2, 0.25) is 0 Å². The minimum Gasteiger partial charge on any atom is -0.427 e. The maximum Gasteiger partial charge on any atom is 0.330 e. The van der Waals surface area contributed by atoms with Crippen LogP contribution in [0.2, 0.25) is 0 Å². The van der Waals surface area contributed by atoms with E-state index in [4.69, 9.17) is 4.65 Å². The lowest BCUT2D eigenvalue weighted by atomic mass is 9.82. The first-order chi connectivity index (χ1) is 17.5. The Labute approximate surface area is 219 Å². The normalized spacial score (nSPS) is 14.7. The molecule has 2 aromatic heterocycles. The van der Waals surface area contributed by atoms with Gasteiger partial charge in [0, 0.05) is 28.1 Å². The molecule has 2 heterocycles. The number of hydrogen-bond acceptors (Lipinski definition) is 3. The summed E-state index contributed by atoms with van der Waals surface area (Å²) < 4.78 is 8.27. The maximum atomic E-state index is 10.4. The monoisotopic (exact) mass is 487 g/mol. The van der Waals surface area contributed by atoms with Gasteiger partial charge in [-0.3, -0.25) is 4.98 Å². The number of hydrogen-bond donors (Lipinski definition) is 1. The van der Waals surface area contributed by atoms with Crippen LogP contribution in [0.3, 0.4) is 0 Å². The molecule has 0 aliphatic heterocycles. The van der Waals surface area contributed by atoms with Crippen LogP contribution in [0.1, 0.15) is 52.7 Å². The van der Waals surface area contributed by atoms with Crippen molar-refractivity contribution in [2.75, 3.05) is 0 Å². The largest absolute Gasteiger partial charge is 0.427 e. The molecule has 1 N–H and O–H groups in total. The molecule has 0 atom stereocenters. The zero-order valence-electron chi connectivity index (χ0n) is 22.3. The quantitative estimate of drug-likeness (QED) is 0.296. The first-order valence-electron chi connectivity index (χ1n) is 12.9. The molecule has 0 amide bonds. The third-order valence-electron chi connectivity index (χ3n) is 8.39. The molecule has 0 saturated heterocycles. The van der Waals surface area contributed by atoms with Crippen molar-refractivity contribution in [1.82, 2.24) is 9.55 Å². The van der Waals surface area contributed by atoms with Gasteiger partial charge in [-0.25, -0.2) is 0 Å². The molecule has 6 rings (SSSR count). The molecular formula is C32H32BN2O2. The van der Waals surface area contributed by atoms with E-state index in [1.165, 1.54) is 38.5 Å². The molecule has 3 aromatic carbocycles. The van der Waals surface area contributed by atoms with Crippen molar-refractivity contribution in [3.8, 4) is 16.8 Å². The average Bonchev–Trinajstić information content (AvgIpc) is 3.31. The lowest BCUT2D eigenvalue weighted by molar-refractivity contribution is -0.0893. The summed E-state index contributed by atoms with van der Waals surface area (Å²) >= 11 is 0. The molecule has 0 spiro atoms. The van der Waals surface area contributed by atoms with Crippen molar-refractivity contribution in [3.05, 3.63) is 90.3 Å². The van der Waals surface area contributed by atoms with Gasteiger partial charge in [0.1, 0.15) is 0 Å². The highest BCUT2D eigenvalue weighted by Crippen LogP contribution is 2.50. The van der Waals surface area contributed by atoms with Crippen molar-refractivity contribution in [1.29, 1.82) is 0 Å². The second-order valence-electron chi connectivity index (χ2n) is 11.7. The molecular weight excluding hydrogens is 455 g/mol. The van der Waals surface area contributed by atoms with Crippen molar-refractivity contribution >= 4 is 34.8 Å². The van der Waals surface area contributed by atoms with E-state index in [0.29, 0.717) is 0 Å². The summed E-state index contributed by atoms with van der Waals surface area (Å²) in [6, 6.07) is 24.0. The fraction of sp³-hybridized carbons (Fsp3) is 0.281. The molecule has 1 aliphatic rings. The van der Waals surface area contributed by atoms with Crippen LogP contribution in [0.15, 0.2) is 79.1 Å². The van der Waals surface area contributed by atoms with Crippen molar-refractivity contribution in [2.45, 2.75) is 58.2 Å². The van der Waals surface area contributed by atoms with Crippen LogP contribution in [0.25, 0.3) is 38.6 Å². The highest BCUT2D eigenvalue weighted by Gasteiger charge is 2.37. The van der Waals surface area contributed by atoms with Crippen LogP contribution in [0, 0.1) is 0 Å². The summed E-state index contributed by atoms with van der Waals surface area (Å²) in [6.07, 6.45) is 3.82. The fourth-order valence-electron chi connectivity index (χ4n) is 5.40. The number of aliphatic hydroxyl groups is 1. The molecule has 0 saturated carbocycles. The molecule has 1 aliphatic carbocycles. The Balaban J connectivity index is 1.47. The van der Waals surface area contributed by atoms with E-state index in [1.807, 2.05) is 26.2 Å². The first-order valence-corrected chi connectivity index (χ1v) is 12.9. The highest BCUT2D eigenvalue weighted by atomic mass is 16.5. The molecule has 37 heavy (non-hydrogen) atoms. The summed E-state index contributed by atoms with van der Waals surface area (Å²) in [7, 11) is 1.72. The number of aromatic nitrogens is 2. The Bertz CT molecular complexity index is 1660. The van der Waals surface area contributed by atoms with Gasteiger partial charge >= 0.3 is 7.48 Å². The van der Waals surface area contributed by atoms with E-state index in [-0.39, 0.29) is 5.41 Å². The van der Waals surface area contributed by atoms with Gasteiger partial charge < -0.3 is 14.3 Å². The first kappa shape index (κ1) is 24.0. The third kappa shape index (κ3) is 3.64. The molecule has 5 aromatic rings. The van der Waals surface area contributed by atoms with Crippen LogP contribution in [0.4, 0.5) is 0 Å². The number of benzene rings is 3. The van der Waals surface area contributed by atoms with Crippen LogP contribution < -0.4 is 5.46 Å². The Morgan fingerprint density at radius 2 is 1.57 bits per heavy atom. The minimum absolute atomic E-state index is 0.0664. The van der Waals surface area contributed by atoms with Gasteiger partial charge in [-0.15, -0.1) is 0 Å². The summed E-state index contributed by atoms with van der Waals surface area (Å²) in [5, 5.41) is 12.8. The second kappa shape index (κ2) is 8.05. The lowest BCUT2D eigenvalue weighted by Crippen LogP contribution is -2.49. The number of nitrogens with zero attached hydrogens (tertiary/aromatic N) is 2. The maximum absolute atomic E-state index is 10.4. The number of fused-ring (bicyclic) bond motifs is 6. The summed E-state index contributed by atoms with van der Waals surface area (Å²) in [5.41, 5.74) is 7.91. The van der Waals surface area contributed by atoms with E-state index in [2.05, 4.69) is 90.1 Å². The van der Waals surface area contributed by atoms with Gasteiger partial charge in [-0.1, -0.05) is 55.7 Å². The summed E-state index contributed by atoms with van der Waals surface area (Å²) in [5.74, 6) is 0. The molecule has 1 radical (unpaired) electrons. The lowest BCUT2D eigenvalue weighted by Gasteiger charge is -2.37. The van der Waals surface area contributed by atoms with Crippen LogP contribution >= 0.6 is 0 Å². The zero-order chi connectivity index (χ0) is 26.2. The van der Waals surface area contributed by atoms with Gasteiger partial charge in [-0.2, -0.15) is 0 Å². The number of rotatable bonds is 5. The number of pyridine rings is 1. The highest BCUT2D eigenvalue weighted by molar-refractivity contribution is 6.47. The predicted molar refractivity (Wildman–Crippen MR) is 153 cm³/mol. The standard InChI is InChI=1S/C32H32BN2O2/c1-30(2)26-10-8-7-9-22(26)24-17-25-23-15-16-34-19-29(23)35(28(25)18-27(24)30)21-13-11-20(12-14-21)33-37-32(5,6)31(3,4)36/h7-19,36H,1-6H3. The molecule has 0 bridgehead atoms.